The Labute approximate surface area is 193 Å². The molecule has 2 heterocycles. The summed E-state index contributed by atoms with van der Waals surface area (Å²) in [5.41, 5.74) is 2.29. The number of nitrogens with zero attached hydrogens (tertiary/aromatic N) is 2. The van der Waals surface area contributed by atoms with Gasteiger partial charge in [0.25, 0.3) is 0 Å². The third kappa shape index (κ3) is 4.32. The fourth-order valence-corrected chi connectivity index (χ4v) is 5.73. The van der Waals surface area contributed by atoms with Gasteiger partial charge in [0.05, 0.1) is 28.6 Å². The second-order valence-electron chi connectivity index (χ2n) is 7.99. The van der Waals surface area contributed by atoms with Crippen LogP contribution in [0.4, 0.5) is 5.69 Å². The number of hydrogen-bond donors (Lipinski definition) is 0. The Morgan fingerprint density at radius 3 is 2.69 bits per heavy atom. The molecule has 0 saturated carbocycles. The van der Waals surface area contributed by atoms with Crippen LogP contribution in [0, 0.1) is 12.8 Å². The molecule has 0 aliphatic carbocycles. The molecule has 1 aliphatic rings. The summed E-state index contributed by atoms with van der Waals surface area (Å²) < 4.78 is 32.5. The first-order valence-electron chi connectivity index (χ1n) is 10.6. The average Bonchev–Trinajstić information content (AvgIpc) is 2.78. The molecule has 0 bridgehead atoms. The molecule has 1 aliphatic heterocycles. The van der Waals surface area contributed by atoms with Crippen molar-refractivity contribution in [1.82, 2.24) is 4.98 Å². The van der Waals surface area contributed by atoms with Crippen LogP contribution in [0.2, 0.25) is 5.02 Å². The minimum absolute atomic E-state index is 0.127. The number of sulfone groups is 1. The Morgan fingerprint density at radius 1 is 1.22 bits per heavy atom. The molecule has 1 atom stereocenters. The average molecular weight is 473 g/mol. The Kier molecular flexibility index (Phi) is 6.40. The zero-order chi connectivity index (χ0) is 22.9. The highest BCUT2D eigenvalue weighted by molar-refractivity contribution is 7.91. The summed E-state index contributed by atoms with van der Waals surface area (Å²) in [6.45, 7) is 5.11. The van der Waals surface area contributed by atoms with Crippen molar-refractivity contribution in [1.29, 1.82) is 0 Å². The molecule has 4 rings (SSSR count). The predicted octanol–water partition coefficient (Wildman–Crippen LogP) is 4.81. The van der Waals surface area contributed by atoms with Crippen LogP contribution in [-0.2, 0) is 19.4 Å². The number of pyridine rings is 1. The molecule has 1 aromatic heterocycles. The molecule has 1 fully saturated rings. The Bertz CT molecular complexity index is 1260. The van der Waals surface area contributed by atoms with E-state index in [9.17, 15) is 13.2 Å². The molecule has 0 amide bonds. The molecule has 2 aromatic carbocycles. The number of carbonyl (C=O) groups excluding carboxylic acids is 1. The number of piperidine rings is 1. The van der Waals surface area contributed by atoms with Crippen LogP contribution in [0.1, 0.15) is 25.3 Å². The molecule has 1 unspecified atom stereocenters. The van der Waals surface area contributed by atoms with E-state index in [0.717, 1.165) is 23.8 Å². The molecular formula is C24H25ClN2O4S. The Morgan fingerprint density at radius 2 is 1.97 bits per heavy atom. The lowest BCUT2D eigenvalue weighted by Crippen LogP contribution is -2.40. The number of aromatic nitrogens is 1. The van der Waals surface area contributed by atoms with Gasteiger partial charge in [0.1, 0.15) is 4.90 Å². The number of carbonyl (C=O) groups is 1. The van der Waals surface area contributed by atoms with E-state index < -0.39 is 9.84 Å². The minimum Gasteiger partial charge on any atom is -0.466 e. The van der Waals surface area contributed by atoms with Gasteiger partial charge < -0.3 is 9.64 Å². The van der Waals surface area contributed by atoms with Crippen molar-refractivity contribution in [2.75, 3.05) is 24.6 Å². The SMILES string of the molecule is CCOC(=O)C1CCCN(c2c(S(=O)(=O)c3ccc(Cl)cc3)cnc3ccc(C)cc23)C1. The van der Waals surface area contributed by atoms with E-state index in [0.29, 0.717) is 35.9 Å². The highest BCUT2D eigenvalue weighted by Gasteiger charge is 2.32. The number of halogens is 1. The van der Waals surface area contributed by atoms with Crippen molar-refractivity contribution >= 4 is 44.0 Å². The first-order valence-corrected chi connectivity index (χ1v) is 12.5. The largest absolute Gasteiger partial charge is 0.466 e. The standard InChI is InChI=1S/C24H25ClN2O4S/c1-3-31-24(28)17-5-4-12-27(15-17)23-20-13-16(2)6-11-21(20)26-14-22(23)32(29,30)19-9-7-18(25)8-10-19/h6-11,13-14,17H,3-5,12,15H2,1-2H3. The zero-order valence-corrected chi connectivity index (χ0v) is 19.6. The molecule has 8 heteroatoms. The van der Waals surface area contributed by atoms with Gasteiger partial charge >= 0.3 is 5.97 Å². The van der Waals surface area contributed by atoms with Gasteiger partial charge in [0, 0.05) is 29.7 Å². The van der Waals surface area contributed by atoms with Gasteiger partial charge in [-0.3, -0.25) is 9.78 Å². The van der Waals surface area contributed by atoms with Crippen LogP contribution >= 0.6 is 11.6 Å². The fourth-order valence-electron chi connectivity index (χ4n) is 4.17. The maximum absolute atomic E-state index is 13.7. The molecule has 1 saturated heterocycles. The van der Waals surface area contributed by atoms with Gasteiger partial charge in [-0.1, -0.05) is 23.2 Å². The topological polar surface area (TPSA) is 76.6 Å². The number of fused-ring (bicyclic) bond motifs is 1. The quantitative estimate of drug-likeness (QED) is 0.496. The molecule has 168 valence electrons. The lowest BCUT2D eigenvalue weighted by molar-refractivity contribution is -0.148. The van der Waals surface area contributed by atoms with E-state index in [-0.39, 0.29) is 21.7 Å². The summed E-state index contributed by atoms with van der Waals surface area (Å²) in [6, 6.07) is 11.9. The summed E-state index contributed by atoms with van der Waals surface area (Å²) in [5.74, 6) is -0.545. The van der Waals surface area contributed by atoms with Gasteiger partial charge in [0.15, 0.2) is 0 Å². The van der Waals surface area contributed by atoms with Crippen LogP contribution in [-0.4, -0.2) is 39.1 Å². The summed E-state index contributed by atoms with van der Waals surface area (Å²) >= 11 is 5.97. The van der Waals surface area contributed by atoms with Gasteiger partial charge in [-0.2, -0.15) is 0 Å². The zero-order valence-electron chi connectivity index (χ0n) is 18.0. The maximum Gasteiger partial charge on any atom is 0.310 e. The minimum atomic E-state index is -3.87. The highest BCUT2D eigenvalue weighted by Crippen LogP contribution is 2.38. The number of hydrogen-bond acceptors (Lipinski definition) is 6. The molecule has 3 aromatic rings. The first-order chi connectivity index (χ1) is 15.3. The van der Waals surface area contributed by atoms with Crippen LogP contribution in [0.3, 0.4) is 0 Å². The van der Waals surface area contributed by atoms with E-state index in [4.69, 9.17) is 16.3 Å². The van der Waals surface area contributed by atoms with Crippen molar-refractivity contribution in [3.05, 3.63) is 59.2 Å². The van der Waals surface area contributed by atoms with Crippen molar-refractivity contribution in [3.63, 3.8) is 0 Å². The molecule has 32 heavy (non-hydrogen) atoms. The summed E-state index contributed by atoms with van der Waals surface area (Å²) in [5, 5.41) is 1.22. The van der Waals surface area contributed by atoms with E-state index in [1.807, 2.05) is 30.0 Å². The normalized spacial score (nSPS) is 16.8. The van der Waals surface area contributed by atoms with E-state index in [2.05, 4.69) is 4.98 Å². The number of ether oxygens (including phenoxy) is 1. The van der Waals surface area contributed by atoms with Crippen molar-refractivity contribution < 1.29 is 17.9 Å². The lowest BCUT2D eigenvalue weighted by atomic mass is 9.97. The fraction of sp³-hybridized carbons (Fsp3) is 0.333. The molecule has 6 nitrogen and oxygen atoms in total. The van der Waals surface area contributed by atoms with Crippen LogP contribution in [0.15, 0.2) is 58.5 Å². The van der Waals surface area contributed by atoms with Crippen LogP contribution in [0.5, 0.6) is 0 Å². The first kappa shape index (κ1) is 22.6. The van der Waals surface area contributed by atoms with Gasteiger partial charge in [-0.25, -0.2) is 8.42 Å². The molecule has 0 radical (unpaired) electrons. The summed E-state index contributed by atoms with van der Waals surface area (Å²) in [4.78, 5) is 19.2. The van der Waals surface area contributed by atoms with E-state index >= 15 is 0 Å². The molecular weight excluding hydrogens is 448 g/mol. The van der Waals surface area contributed by atoms with Gasteiger partial charge in [-0.05, 0) is 63.1 Å². The number of aryl methyl sites for hydroxylation is 1. The predicted molar refractivity (Wildman–Crippen MR) is 125 cm³/mol. The monoisotopic (exact) mass is 472 g/mol. The van der Waals surface area contributed by atoms with Gasteiger partial charge in [-0.15, -0.1) is 0 Å². The lowest BCUT2D eigenvalue weighted by Gasteiger charge is -2.35. The van der Waals surface area contributed by atoms with Crippen LogP contribution in [0.25, 0.3) is 10.9 Å². The third-order valence-corrected chi connectivity index (χ3v) is 7.75. The maximum atomic E-state index is 13.7. The second kappa shape index (κ2) is 9.08. The Hall–Kier alpha value is -2.64. The molecule has 0 spiro atoms. The number of rotatable bonds is 5. The molecule has 0 N–H and O–H groups in total. The van der Waals surface area contributed by atoms with E-state index in [1.165, 1.54) is 18.3 Å². The van der Waals surface area contributed by atoms with E-state index in [1.54, 1.807) is 19.1 Å². The number of esters is 1. The smallest absolute Gasteiger partial charge is 0.310 e. The number of benzene rings is 2. The van der Waals surface area contributed by atoms with Crippen molar-refractivity contribution in [2.45, 2.75) is 36.5 Å². The Balaban J connectivity index is 1.88. The highest BCUT2D eigenvalue weighted by atomic mass is 35.5. The summed E-state index contributed by atoms with van der Waals surface area (Å²) in [6.07, 6.45) is 2.90. The van der Waals surface area contributed by atoms with Crippen LogP contribution < -0.4 is 4.90 Å². The summed E-state index contributed by atoms with van der Waals surface area (Å²) in [7, 11) is -3.87. The van der Waals surface area contributed by atoms with Crippen molar-refractivity contribution in [3.8, 4) is 0 Å². The van der Waals surface area contributed by atoms with Crippen molar-refractivity contribution in [2.24, 2.45) is 5.92 Å². The number of anilines is 1. The second-order valence-corrected chi connectivity index (χ2v) is 10.3. The third-order valence-electron chi connectivity index (χ3n) is 5.73. The van der Waals surface area contributed by atoms with Gasteiger partial charge in [0.2, 0.25) is 9.84 Å².